The lowest BCUT2D eigenvalue weighted by molar-refractivity contribution is 0.594. The van der Waals surface area contributed by atoms with Gasteiger partial charge in [0, 0.05) is 36.9 Å². The molecule has 0 spiro atoms. The summed E-state index contributed by atoms with van der Waals surface area (Å²) < 4.78 is 25.1. The van der Waals surface area contributed by atoms with Crippen LogP contribution in [0, 0.1) is 0 Å². The summed E-state index contributed by atoms with van der Waals surface area (Å²) in [7, 11) is -2.45. The number of nitrogens with one attached hydrogen (secondary N) is 2. The summed E-state index contributed by atoms with van der Waals surface area (Å²) in [6.07, 6.45) is 6.94. The number of thiol groups is 1. The Balaban J connectivity index is 1.65. The van der Waals surface area contributed by atoms with Crippen LogP contribution in [0.5, 0.6) is 0 Å². The van der Waals surface area contributed by atoms with E-state index < -0.39 is 10.9 Å². The van der Waals surface area contributed by atoms with E-state index in [-0.39, 0.29) is 0 Å². The molecule has 0 bridgehead atoms. The minimum atomic E-state index is -2.45. The summed E-state index contributed by atoms with van der Waals surface area (Å²) in [5.41, 5.74) is 2.25. The Morgan fingerprint density at radius 2 is 1.57 bits per heavy atom. The molecule has 114 valence electrons. The van der Waals surface area contributed by atoms with Gasteiger partial charge in [0.15, 0.2) is 0 Å². The van der Waals surface area contributed by atoms with E-state index in [1.165, 1.54) is 0 Å². The molecular weight excluding hydrogens is 286 g/mol. The lowest BCUT2D eigenvalue weighted by Crippen LogP contribution is -2.12. The second-order valence-electron chi connectivity index (χ2n) is 4.79. The summed E-state index contributed by atoms with van der Waals surface area (Å²) in [6.45, 7) is 1.43. The monoisotopic (exact) mass is 307 g/mol. The van der Waals surface area contributed by atoms with Crippen LogP contribution in [-0.2, 0) is 10.9 Å². The van der Waals surface area contributed by atoms with Gasteiger partial charge < -0.3 is 9.88 Å². The number of hydrogen-bond donors (Lipinski definition) is 3. The summed E-state index contributed by atoms with van der Waals surface area (Å²) in [4.78, 5) is 0. The SMILES string of the molecule is O=[SH](=O)NCCCCCNc1ccc(-n2cccc2)cc1. The van der Waals surface area contributed by atoms with Gasteiger partial charge in [-0.1, -0.05) is 6.42 Å². The van der Waals surface area contributed by atoms with Crippen molar-refractivity contribution < 1.29 is 8.42 Å². The molecule has 0 atom stereocenters. The first-order chi connectivity index (χ1) is 10.3. The van der Waals surface area contributed by atoms with Crippen molar-refractivity contribution in [3.63, 3.8) is 0 Å². The van der Waals surface area contributed by atoms with E-state index in [1.807, 2.05) is 24.5 Å². The number of unbranched alkanes of at least 4 members (excludes halogenated alkanes) is 2. The van der Waals surface area contributed by atoms with Gasteiger partial charge in [-0.25, -0.2) is 13.1 Å². The highest BCUT2D eigenvalue weighted by atomic mass is 32.2. The van der Waals surface area contributed by atoms with Crippen LogP contribution in [-0.4, -0.2) is 26.1 Å². The largest absolute Gasteiger partial charge is 0.385 e. The Bertz CT molecular complexity index is 584. The maximum atomic E-state index is 10.3. The van der Waals surface area contributed by atoms with Gasteiger partial charge in [-0.05, 0) is 49.2 Å². The van der Waals surface area contributed by atoms with Crippen molar-refractivity contribution in [3.8, 4) is 5.69 Å². The van der Waals surface area contributed by atoms with Crippen molar-refractivity contribution in [1.82, 2.24) is 9.29 Å². The Morgan fingerprint density at radius 3 is 2.24 bits per heavy atom. The van der Waals surface area contributed by atoms with Gasteiger partial charge >= 0.3 is 0 Å². The van der Waals surface area contributed by atoms with Crippen molar-refractivity contribution >= 4 is 16.6 Å². The predicted octanol–water partition coefficient (Wildman–Crippen LogP) is 2.18. The molecule has 0 aliphatic rings. The molecule has 0 aliphatic carbocycles. The van der Waals surface area contributed by atoms with Gasteiger partial charge in [-0.2, -0.15) is 0 Å². The second-order valence-corrected chi connectivity index (χ2v) is 5.62. The van der Waals surface area contributed by atoms with E-state index in [1.54, 1.807) is 0 Å². The number of hydrogen-bond acceptors (Lipinski definition) is 3. The summed E-state index contributed by atoms with van der Waals surface area (Å²) >= 11 is 0. The van der Waals surface area contributed by atoms with Crippen LogP contribution in [0.15, 0.2) is 48.8 Å². The van der Waals surface area contributed by atoms with Crippen molar-refractivity contribution in [2.75, 3.05) is 18.4 Å². The van der Waals surface area contributed by atoms with Gasteiger partial charge in [-0.15, -0.1) is 0 Å². The fourth-order valence-electron chi connectivity index (χ4n) is 2.09. The van der Waals surface area contributed by atoms with Gasteiger partial charge in [-0.3, -0.25) is 0 Å². The molecule has 2 aromatic rings. The van der Waals surface area contributed by atoms with Crippen molar-refractivity contribution in [3.05, 3.63) is 48.8 Å². The molecule has 0 unspecified atom stereocenters. The first-order valence-electron chi connectivity index (χ1n) is 7.11. The molecule has 0 saturated carbocycles. The predicted molar refractivity (Wildman–Crippen MR) is 86.4 cm³/mol. The van der Waals surface area contributed by atoms with Crippen molar-refractivity contribution in [2.24, 2.45) is 0 Å². The maximum Gasteiger partial charge on any atom is 0.201 e. The highest BCUT2D eigenvalue weighted by molar-refractivity contribution is 7.70. The smallest absolute Gasteiger partial charge is 0.201 e. The molecule has 0 fully saturated rings. The molecule has 0 saturated heterocycles. The molecule has 6 heteroatoms. The topological polar surface area (TPSA) is 63.1 Å². The summed E-state index contributed by atoms with van der Waals surface area (Å²) in [5.74, 6) is 0. The number of benzene rings is 1. The normalized spacial score (nSPS) is 10.9. The molecule has 5 nitrogen and oxygen atoms in total. The Morgan fingerprint density at radius 1 is 0.905 bits per heavy atom. The second kappa shape index (κ2) is 8.49. The molecule has 1 aromatic heterocycles. The van der Waals surface area contributed by atoms with E-state index in [0.717, 1.165) is 37.2 Å². The minimum Gasteiger partial charge on any atom is -0.385 e. The van der Waals surface area contributed by atoms with Crippen LogP contribution in [0.25, 0.3) is 5.69 Å². The lowest BCUT2D eigenvalue weighted by atomic mass is 10.2. The van der Waals surface area contributed by atoms with Gasteiger partial charge in [0.25, 0.3) is 0 Å². The first kappa shape index (κ1) is 15.6. The Kier molecular flexibility index (Phi) is 6.30. The zero-order chi connectivity index (χ0) is 14.9. The quantitative estimate of drug-likeness (QED) is 0.491. The summed E-state index contributed by atoms with van der Waals surface area (Å²) in [5, 5.41) is 3.37. The van der Waals surface area contributed by atoms with E-state index in [4.69, 9.17) is 0 Å². The fraction of sp³-hybridized carbons (Fsp3) is 0.333. The molecule has 2 N–H and O–H groups in total. The van der Waals surface area contributed by atoms with E-state index >= 15 is 0 Å². The van der Waals surface area contributed by atoms with Crippen LogP contribution in [0.2, 0.25) is 0 Å². The average molecular weight is 307 g/mol. The van der Waals surface area contributed by atoms with Gasteiger partial charge in [0.05, 0.1) is 0 Å². The highest BCUT2D eigenvalue weighted by Crippen LogP contribution is 2.13. The number of rotatable bonds is 9. The van der Waals surface area contributed by atoms with Crippen LogP contribution < -0.4 is 10.0 Å². The van der Waals surface area contributed by atoms with Crippen LogP contribution in [0.3, 0.4) is 0 Å². The average Bonchev–Trinajstić information content (AvgIpc) is 3.01. The molecule has 2 rings (SSSR count). The fourth-order valence-corrected chi connectivity index (χ4v) is 2.43. The molecular formula is C15H21N3O2S. The van der Waals surface area contributed by atoms with E-state index in [0.29, 0.717) is 6.54 Å². The Hall–Kier alpha value is -1.79. The molecule has 1 heterocycles. The van der Waals surface area contributed by atoms with E-state index in [2.05, 4.69) is 38.9 Å². The zero-order valence-corrected chi connectivity index (χ0v) is 12.8. The number of aromatic nitrogens is 1. The zero-order valence-electron chi connectivity index (χ0n) is 11.9. The Labute approximate surface area is 127 Å². The minimum absolute atomic E-state index is 0.532. The van der Waals surface area contributed by atoms with Crippen LogP contribution >= 0.6 is 0 Å². The third-order valence-electron chi connectivity index (χ3n) is 3.19. The maximum absolute atomic E-state index is 10.3. The third kappa shape index (κ3) is 5.61. The van der Waals surface area contributed by atoms with Crippen molar-refractivity contribution in [1.29, 1.82) is 0 Å². The van der Waals surface area contributed by atoms with Crippen LogP contribution in [0.4, 0.5) is 5.69 Å². The molecule has 0 radical (unpaired) electrons. The molecule has 0 aliphatic heterocycles. The summed E-state index contributed by atoms with van der Waals surface area (Å²) in [6, 6.07) is 12.3. The van der Waals surface area contributed by atoms with Crippen molar-refractivity contribution in [2.45, 2.75) is 19.3 Å². The molecule has 21 heavy (non-hydrogen) atoms. The standard InChI is InChI=1S/C15H21N3O2S/c19-21(20)17-11-3-1-2-10-16-14-6-8-15(9-7-14)18-12-4-5-13-18/h4-9,12-13,16,21H,1-3,10-11H2,(H,17,19,20). The first-order valence-corrected chi connectivity index (χ1v) is 8.28. The van der Waals surface area contributed by atoms with E-state index in [9.17, 15) is 8.42 Å². The lowest BCUT2D eigenvalue weighted by Gasteiger charge is -2.08. The number of nitrogens with zero attached hydrogens (tertiary/aromatic N) is 1. The molecule has 1 aromatic carbocycles. The third-order valence-corrected chi connectivity index (χ3v) is 3.68. The highest BCUT2D eigenvalue weighted by Gasteiger charge is 1.96. The number of anilines is 1. The van der Waals surface area contributed by atoms with Gasteiger partial charge in [0.1, 0.15) is 0 Å². The molecule has 0 amide bonds. The van der Waals surface area contributed by atoms with Crippen LogP contribution in [0.1, 0.15) is 19.3 Å². The van der Waals surface area contributed by atoms with Gasteiger partial charge in [0.2, 0.25) is 10.9 Å².